The van der Waals surface area contributed by atoms with Crippen LogP contribution in [0.25, 0.3) is 0 Å². The van der Waals surface area contributed by atoms with Gasteiger partial charge < -0.3 is 5.32 Å². The van der Waals surface area contributed by atoms with Gasteiger partial charge in [0.15, 0.2) is 0 Å². The van der Waals surface area contributed by atoms with E-state index < -0.39 is 0 Å². The van der Waals surface area contributed by atoms with Gasteiger partial charge in [0.2, 0.25) is 5.91 Å². The Hall–Kier alpha value is -1.50. The van der Waals surface area contributed by atoms with Crippen LogP contribution in [0.3, 0.4) is 0 Å². The van der Waals surface area contributed by atoms with E-state index in [9.17, 15) is 4.79 Å². The van der Waals surface area contributed by atoms with Gasteiger partial charge in [0, 0.05) is 10.7 Å². The number of nitrogens with one attached hydrogen (secondary N) is 2. The minimum atomic E-state index is -0.132. The topological polar surface area (TPSA) is 41.1 Å². The molecule has 0 saturated carbocycles. The molecule has 1 aromatic carbocycles. The van der Waals surface area contributed by atoms with Gasteiger partial charge in [0.1, 0.15) is 0 Å². The number of terminal acetylenes is 1. The summed E-state index contributed by atoms with van der Waals surface area (Å²) in [7, 11) is 0. The molecular formula is C11H11ClN2O. The Balaban J connectivity index is 2.38. The minimum Gasteiger partial charge on any atom is -0.325 e. The molecule has 1 amide bonds. The van der Waals surface area contributed by atoms with Crippen LogP contribution in [-0.2, 0) is 4.79 Å². The summed E-state index contributed by atoms with van der Waals surface area (Å²) < 4.78 is 0. The van der Waals surface area contributed by atoms with Gasteiger partial charge in [0.25, 0.3) is 0 Å². The third-order valence-corrected chi connectivity index (χ3v) is 1.89. The summed E-state index contributed by atoms with van der Waals surface area (Å²) in [6.07, 6.45) is 5.03. The molecular weight excluding hydrogens is 212 g/mol. The lowest BCUT2D eigenvalue weighted by Crippen LogP contribution is -2.28. The number of carbonyl (C=O) groups is 1. The average Bonchev–Trinajstić information content (AvgIpc) is 2.22. The molecule has 0 aliphatic rings. The maximum Gasteiger partial charge on any atom is 0.238 e. The van der Waals surface area contributed by atoms with Crippen LogP contribution in [0, 0.1) is 12.3 Å². The van der Waals surface area contributed by atoms with Crippen molar-refractivity contribution in [3.05, 3.63) is 29.3 Å². The largest absolute Gasteiger partial charge is 0.325 e. The molecule has 0 fully saturated rings. The van der Waals surface area contributed by atoms with Gasteiger partial charge in [-0.1, -0.05) is 17.5 Å². The lowest BCUT2D eigenvalue weighted by atomic mass is 10.3. The highest BCUT2D eigenvalue weighted by Gasteiger charge is 2.00. The molecule has 0 aromatic heterocycles. The molecule has 0 atom stereocenters. The molecule has 1 aromatic rings. The summed E-state index contributed by atoms with van der Waals surface area (Å²) in [4.78, 5) is 11.3. The molecule has 0 unspecified atom stereocenters. The molecule has 0 radical (unpaired) electrons. The predicted octanol–water partition coefficient (Wildman–Crippen LogP) is 1.50. The Kier molecular flexibility index (Phi) is 4.69. The molecule has 2 N–H and O–H groups in total. The van der Waals surface area contributed by atoms with Crippen molar-refractivity contribution >= 4 is 23.2 Å². The van der Waals surface area contributed by atoms with Crippen LogP contribution in [0.15, 0.2) is 24.3 Å². The molecule has 0 bridgehead atoms. The molecule has 4 heteroatoms. The second kappa shape index (κ2) is 6.07. The van der Waals surface area contributed by atoms with E-state index in [0.29, 0.717) is 17.3 Å². The standard InChI is InChI=1S/C11H11ClN2O/c1-2-7-13-8-11(15)14-10-5-3-9(12)4-6-10/h1,3-6,13H,7-8H2,(H,14,15). The first-order valence-corrected chi connectivity index (χ1v) is 4.80. The van der Waals surface area contributed by atoms with Gasteiger partial charge >= 0.3 is 0 Å². The van der Waals surface area contributed by atoms with E-state index in [4.69, 9.17) is 18.0 Å². The van der Waals surface area contributed by atoms with Gasteiger partial charge in [0.05, 0.1) is 13.1 Å². The Morgan fingerprint density at radius 2 is 2.07 bits per heavy atom. The van der Waals surface area contributed by atoms with Crippen LogP contribution < -0.4 is 10.6 Å². The number of benzene rings is 1. The normalized spacial score (nSPS) is 9.33. The highest BCUT2D eigenvalue weighted by Crippen LogP contribution is 2.12. The summed E-state index contributed by atoms with van der Waals surface area (Å²) in [6.45, 7) is 0.584. The summed E-state index contributed by atoms with van der Waals surface area (Å²) in [5.74, 6) is 2.25. The maximum atomic E-state index is 11.3. The predicted molar refractivity (Wildman–Crippen MR) is 61.8 cm³/mol. The second-order valence-electron chi connectivity index (χ2n) is 2.86. The van der Waals surface area contributed by atoms with Crippen LogP contribution in [-0.4, -0.2) is 19.0 Å². The first-order valence-electron chi connectivity index (χ1n) is 4.42. The van der Waals surface area contributed by atoms with Crippen molar-refractivity contribution in [2.24, 2.45) is 0 Å². The van der Waals surface area contributed by atoms with E-state index in [1.165, 1.54) is 0 Å². The molecule has 78 valence electrons. The molecule has 3 nitrogen and oxygen atoms in total. The van der Waals surface area contributed by atoms with E-state index >= 15 is 0 Å². The van der Waals surface area contributed by atoms with Crippen molar-refractivity contribution in [3.8, 4) is 12.3 Å². The van der Waals surface area contributed by atoms with Gasteiger partial charge in [-0.25, -0.2) is 0 Å². The molecule has 0 aliphatic carbocycles. The van der Waals surface area contributed by atoms with Crippen LogP contribution in [0.2, 0.25) is 5.02 Å². The number of halogens is 1. The highest BCUT2D eigenvalue weighted by atomic mass is 35.5. The summed E-state index contributed by atoms with van der Waals surface area (Å²) >= 11 is 5.70. The summed E-state index contributed by atoms with van der Waals surface area (Å²) in [5.41, 5.74) is 0.715. The van der Waals surface area contributed by atoms with Crippen molar-refractivity contribution < 1.29 is 4.79 Å². The molecule has 0 saturated heterocycles. The lowest BCUT2D eigenvalue weighted by Gasteiger charge is -2.04. The third kappa shape index (κ3) is 4.50. The number of rotatable bonds is 4. The SMILES string of the molecule is C#CCNCC(=O)Nc1ccc(Cl)cc1. The van der Waals surface area contributed by atoms with Crippen molar-refractivity contribution in [2.45, 2.75) is 0 Å². The van der Waals surface area contributed by atoms with Crippen LogP contribution in [0.1, 0.15) is 0 Å². The summed E-state index contributed by atoms with van der Waals surface area (Å²) in [5, 5.41) is 6.13. The third-order valence-electron chi connectivity index (χ3n) is 1.64. The van der Waals surface area contributed by atoms with Gasteiger partial charge in [-0.05, 0) is 24.3 Å². The lowest BCUT2D eigenvalue weighted by molar-refractivity contribution is -0.115. The summed E-state index contributed by atoms with van der Waals surface area (Å²) in [6, 6.07) is 6.90. The number of hydrogen-bond acceptors (Lipinski definition) is 2. The monoisotopic (exact) mass is 222 g/mol. The number of anilines is 1. The van der Waals surface area contributed by atoms with Crippen molar-refractivity contribution in [3.63, 3.8) is 0 Å². The number of hydrogen-bond donors (Lipinski definition) is 2. The fraction of sp³-hybridized carbons (Fsp3) is 0.182. The molecule has 0 aliphatic heterocycles. The fourth-order valence-electron chi connectivity index (χ4n) is 0.987. The van der Waals surface area contributed by atoms with E-state index in [1.54, 1.807) is 24.3 Å². The second-order valence-corrected chi connectivity index (χ2v) is 3.30. The zero-order valence-electron chi connectivity index (χ0n) is 8.09. The fourth-order valence-corrected chi connectivity index (χ4v) is 1.11. The van der Waals surface area contributed by atoms with Crippen LogP contribution in [0.5, 0.6) is 0 Å². The van der Waals surface area contributed by atoms with Gasteiger partial charge in [-0.3, -0.25) is 10.1 Å². The number of carbonyl (C=O) groups excluding carboxylic acids is 1. The zero-order chi connectivity index (χ0) is 11.1. The molecule has 15 heavy (non-hydrogen) atoms. The van der Waals surface area contributed by atoms with E-state index in [-0.39, 0.29) is 12.5 Å². The average molecular weight is 223 g/mol. The van der Waals surface area contributed by atoms with E-state index in [1.807, 2.05) is 0 Å². The Morgan fingerprint density at radius 1 is 1.40 bits per heavy atom. The van der Waals surface area contributed by atoms with Crippen LogP contribution in [0.4, 0.5) is 5.69 Å². The Labute approximate surface area is 93.8 Å². The van der Waals surface area contributed by atoms with Crippen LogP contribution >= 0.6 is 11.6 Å². The zero-order valence-corrected chi connectivity index (χ0v) is 8.84. The highest BCUT2D eigenvalue weighted by molar-refractivity contribution is 6.30. The van der Waals surface area contributed by atoms with Crippen molar-refractivity contribution in [1.82, 2.24) is 5.32 Å². The van der Waals surface area contributed by atoms with Gasteiger partial charge in [-0.2, -0.15) is 0 Å². The van der Waals surface area contributed by atoms with Crippen molar-refractivity contribution in [2.75, 3.05) is 18.4 Å². The van der Waals surface area contributed by atoms with E-state index in [2.05, 4.69) is 16.6 Å². The first kappa shape index (κ1) is 11.6. The van der Waals surface area contributed by atoms with Crippen molar-refractivity contribution in [1.29, 1.82) is 0 Å². The van der Waals surface area contributed by atoms with E-state index in [0.717, 1.165) is 0 Å². The Bertz CT molecular complexity index is 367. The molecule has 1 rings (SSSR count). The quantitative estimate of drug-likeness (QED) is 0.599. The van der Waals surface area contributed by atoms with Gasteiger partial charge in [-0.15, -0.1) is 6.42 Å². The Morgan fingerprint density at radius 3 is 2.67 bits per heavy atom. The maximum absolute atomic E-state index is 11.3. The molecule has 0 heterocycles. The number of amides is 1. The minimum absolute atomic E-state index is 0.132. The molecule has 0 spiro atoms. The first-order chi connectivity index (χ1) is 7.22. The smallest absolute Gasteiger partial charge is 0.238 e.